The molecule has 0 unspecified atom stereocenters. The largest absolute Gasteiger partial charge is 0.486 e. The van der Waals surface area contributed by atoms with E-state index in [1.165, 1.54) is 0 Å². The van der Waals surface area contributed by atoms with Crippen LogP contribution in [-0.2, 0) is 0 Å². The first-order chi connectivity index (χ1) is 9.85. The normalized spacial score (nSPS) is 23.2. The van der Waals surface area contributed by atoms with Gasteiger partial charge < -0.3 is 9.47 Å². The van der Waals surface area contributed by atoms with Crippen LogP contribution in [0.5, 0.6) is 11.5 Å². The summed E-state index contributed by atoms with van der Waals surface area (Å²) in [5, 5.41) is 8.74. The molecular weight excluding hydrogens is 252 g/mol. The molecule has 2 aliphatic rings. The van der Waals surface area contributed by atoms with E-state index in [2.05, 4.69) is 11.0 Å². The van der Waals surface area contributed by atoms with E-state index in [0.29, 0.717) is 18.9 Å². The number of hydrogen-bond acceptors (Lipinski definition) is 4. The van der Waals surface area contributed by atoms with Gasteiger partial charge in [-0.25, -0.2) is 0 Å². The monoisotopic (exact) mass is 272 g/mol. The van der Waals surface area contributed by atoms with E-state index < -0.39 is 0 Å². The van der Waals surface area contributed by atoms with E-state index in [4.69, 9.17) is 14.7 Å². The first kappa shape index (κ1) is 13.3. The average Bonchev–Trinajstić information content (AvgIpc) is 2.49. The van der Waals surface area contributed by atoms with Crippen LogP contribution in [0, 0.1) is 17.2 Å². The Kier molecular flexibility index (Phi) is 4.08. The lowest BCUT2D eigenvalue weighted by molar-refractivity contribution is 0.0480. The Morgan fingerprint density at radius 2 is 1.95 bits per heavy atom. The first-order valence-electron chi connectivity index (χ1n) is 7.33. The summed E-state index contributed by atoms with van der Waals surface area (Å²) >= 11 is 0. The molecule has 0 bridgehead atoms. The van der Waals surface area contributed by atoms with E-state index >= 15 is 0 Å². The highest BCUT2D eigenvalue weighted by Gasteiger charge is 2.25. The fourth-order valence-corrected chi connectivity index (χ4v) is 2.94. The van der Waals surface area contributed by atoms with E-state index in [0.717, 1.165) is 44.0 Å². The second-order valence-electron chi connectivity index (χ2n) is 5.60. The predicted octanol–water partition coefficient (Wildman–Crippen LogP) is 2.45. The molecule has 1 aromatic rings. The zero-order valence-corrected chi connectivity index (χ0v) is 11.6. The Balaban J connectivity index is 1.50. The number of para-hydroxylation sites is 2. The number of nitrogens with zero attached hydrogens (tertiary/aromatic N) is 2. The molecule has 0 saturated carbocycles. The highest BCUT2D eigenvalue weighted by atomic mass is 16.6. The molecule has 0 aromatic heterocycles. The molecule has 2 aliphatic heterocycles. The maximum atomic E-state index is 8.74. The lowest BCUT2D eigenvalue weighted by Gasteiger charge is -2.35. The quantitative estimate of drug-likeness (QED) is 0.848. The molecule has 0 radical (unpaired) electrons. The van der Waals surface area contributed by atoms with Gasteiger partial charge in [-0.2, -0.15) is 5.26 Å². The Morgan fingerprint density at radius 1 is 1.20 bits per heavy atom. The fourth-order valence-electron chi connectivity index (χ4n) is 2.94. The Labute approximate surface area is 119 Å². The van der Waals surface area contributed by atoms with Gasteiger partial charge in [-0.3, -0.25) is 4.90 Å². The maximum Gasteiger partial charge on any atom is 0.161 e. The van der Waals surface area contributed by atoms with Gasteiger partial charge in [0.2, 0.25) is 0 Å². The van der Waals surface area contributed by atoms with Crippen LogP contribution in [0.3, 0.4) is 0 Å². The third-order valence-corrected chi connectivity index (χ3v) is 4.12. The number of ether oxygens (including phenoxy) is 2. The highest BCUT2D eigenvalue weighted by molar-refractivity contribution is 5.40. The van der Waals surface area contributed by atoms with Gasteiger partial charge >= 0.3 is 0 Å². The summed E-state index contributed by atoms with van der Waals surface area (Å²) in [6.45, 7) is 3.66. The molecule has 4 heteroatoms. The zero-order chi connectivity index (χ0) is 13.8. The van der Waals surface area contributed by atoms with Gasteiger partial charge in [-0.1, -0.05) is 12.1 Å². The van der Waals surface area contributed by atoms with E-state index in [9.17, 15) is 0 Å². The van der Waals surface area contributed by atoms with Crippen LogP contribution in [0.15, 0.2) is 24.3 Å². The van der Waals surface area contributed by atoms with Crippen molar-refractivity contribution >= 4 is 0 Å². The number of hydrogen-bond donors (Lipinski definition) is 0. The molecule has 1 aromatic carbocycles. The van der Waals surface area contributed by atoms with Crippen molar-refractivity contribution in [3.63, 3.8) is 0 Å². The van der Waals surface area contributed by atoms with Crippen LogP contribution in [0.25, 0.3) is 0 Å². The Hall–Kier alpha value is -1.73. The minimum Gasteiger partial charge on any atom is -0.486 e. The first-order valence-corrected chi connectivity index (χ1v) is 7.33. The molecule has 1 atom stereocenters. The molecule has 0 aliphatic carbocycles. The molecule has 4 nitrogen and oxygen atoms in total. The number of nitriles is 1. The van der Waals surface area contributed by atoms with Crippen molar-refractivity contribution in [2.24, 2.45) is 5.92 Å². The topological polar surface area (TPSA) is 45.5 Å². The van der Waals surface area contributed by atoms with Crippen molar-refractivity contribution in [3.05, 3.63) is 24.3 Å². The van der Waals surface area contributed by atoms with Gasteiger partial charge in [-0.15, -0.1) is 0 Å². The van der Waals surface area contributed by atoms with Crippen molar-refractivity contribution in [3.8, 4) is 17.6 Å². The number of piperidine rings is 1. The molecule has 0 amide bonds. The lowest BCUT2D eigenvalue weighted by atomic mass is 9.94. The second kappa shape index (κ2) is 6.15. The average molecular weight is 272 g/mol. The second-order valence-corrected chi connectivity index (χ2v) is 5.60. The van der Waals surface area contributed by atoms with E-state index in [-0.39, 0.29) is 6.10 Å². The summed E-state index contributed by atoms with van der Waals surface area (Å²) in [7, 11) is 0. The summed E-state index contributed by atoms with van der Waals surface area (Å²) in [5.74, 6) is 2.28. The summed E-state index contributed by atoms with van der Waals surface area (Å²) in [6.07, 6.45) is 3.05. The predicted molar refractivity (Wildman–Crippen MR) is 75.7 cm³/mol. The maximum absolute atomic E-state index is 8.74. The molecule has 106 valence electrons. The summed E-state index contributed by atoms with van der Waals surface area (Å²) < 4.78 is 11.7. The molecular formula is C16H20N2O2. The van der Waals surface area contributed by atoms with Crippen LogP contribution in [0.2, 0.25) is 0 Å². The molecule has 2 heterocycles. The van der Waals surface area contributed by atoms with Gasteiger partial charge in [0.25, 0.3) is 0 Å². The van der Waals surface area contributed by atoms with Crippen LogP contribution in [0.1, 0.15) is 19.3 Å². The summed E-state index contributed by atoms with van der Waals surface area (Å²) in [4.78, 5) is 2.43. The summed E-state index contributed by atoms with van der Waals surface area (Å²) in [6, 6.07) is 10.1. The number of likely N-dealkylation sites (tertiary alicyclic amines) is 1. The lowest BCUT2D eigenvalue weighted by Crippen LogP contribution is -2.44. The SMILES string of the molecule is N#CCC1CCN(C[C@H]2COc3ccccc3O2)CC1. The van der Waals surface area contributed by atoms with E-state index in [1.54, 1.807) is 0 Å². The molecule has 0 N–H and O–H groups in total. The Bertz CT molecular complexity index is 489. The van der Waals surface area contributed by atoms with Crippen molar-refractivity contribution < 1.29 is 9.47 Å². The van der Waals surface area contributed by atoms with Crippen LogP contribution >= 0.6 is 0 Å². The minimum absolute atomic E-state index is 0.109. The third kappa shape index (κ3) is 3.05. The van der Waals surface area contributed by atoms with Crippen molar-refractivity contribution in [1.82, 2.24) is 4.90 Å². The molecule has 20 heavy (non-hydrogen) atoms. The highest BCUT2D eigenvalue weighted by Crippen LogP contribution is 2.31. The number of benzene rings is 1. The molecule has 1 fully saturated rings. The van der Waals surface area contributed by atoms with Crippen LogP contribution in [0.4, 0.5) is 0 Å². The van der Waals surface area contributed by atoms with Crippen molar-refractivity contribution in [1.29, 1.82) is 5.26 Å². The molecule has 1 saturated heterocycles. The van der Waals surface area contributed by atoms with Crippen molar-refractivity contribution in [2.45, 2.75) is 25.4 Å². The molecule has 0 spiro atoms. The van der Waals surface area contributed by atoms with Gasteiger partial charge in [0.1, 0.15) is 12.7 Å². The third-order valence-electron chi connectivity index (χ3n) is 4.12. The molecule has 3 rings (SSSR count). The number of rotatable bonds is 3. The van der Waals surface area contributed by atoms with Gasteiger partial charge in [-0.05, 0) is 44.0 Å². The van der Waals surface area contributed by atoms with Crippen LogP contribution < -0.4 is 9.47 Å². The number of fused-ring (bicyclic) bond motifs is 1. The van der Waals surface area contributed by atoms with Gasteiger partial charge in [0.05, 0.1) is 6.07 Å². The summed E-state index contributed by atoms with van der Waals surface area (Å²) in [5.41, 5.74) is 0. The van der Waals surface area contributed by atoms with Crippen molar-refractivity contribution in [2.75, 3.05) is 26.2 Å². The minimum atomic E-state index is 0.109. The fraction of sp³-hybridized carbons (Fsp3) is 0.562. The van der Waals surface area contributed by atoms with E-state index in [1.807, 2.05) is 24.3 Å². The smallest absolute Gasteiger partial charge is 0.161 e. The standard InChI is InChI=1S/C16H20N2O2/c17-8-5-13-6-9-18(10-7-13)11-14-12-19-15-3-1-2-4-16(15)20-14/h1-4,13-14H,5-7,9-12H2/t14-/m0/s1. The zero-order valence-electron chi connectivity index (χ0n) is 11.6. The van der Waals surface area contributed by atoms with Crippen LogP contribution in [-0.4, -0.2) is 37.2 Å². The van der Waals surface area contributed by atoms with Gasteiger partial charge in [0.15, 0.2) is 11.5 Å². The Morgan fingerprint density at radius 3 is 2.70 bits per heavy atom. The van der Waals surface area contributed by atoms with Gasteiger partial charge in [0, 0.05) is 13.0 Å².